The van der Waals surface area contributed by atoms with Crippen molar-refractivity contribution in [3.63, 3.8) is 0 Å². The molecule has 0 amide bonds. The summed E-state index contributed by atoms with van der Waals surface area (Å²) in [5.74, 6) is -5.61. The first-order valence-corrected chi connectivity index (χ1v) is 3.73. The lowest BCUT2D eigenvalue weighted by Gasteiger charge is -2.00. The van der Waals surface area contributed by atoms with Gasteiger partial charge in [0.1, 0.15) is 5.82 Å². The molecule has 0 saturated heterocycles. The highest BCUT2D eigenvalue weighted by Crippen LogP contribution is 2.20. The van der Waals surface area contributed by atoms with Crippen LogP contribution in [0.15, 0.2) is 12.1 Å². The molecule has 0 fully saturated rings. The van der Waals surface area contributed by atoms with Gasteiger partial charge in [0.2, 0.25) is 0 Å². The highest BCUT2D eigenvalue weighted by Gasteiger charge is 2.21. The fourth-order valence-corrected chi connectivity index (χ4v) is 1.04. The van der Waals surface area contributed by atoms with Crippen molar-refractivity contribution in [2.24, 2.45) is 0 Å². The van der Waals surface area contributed by atoms with Gasteiger partial charge in [-0.3, -0.25) is 4.79 Å². The molecular formula is C8H3ClF2O3. The minimum absolute atomic E-state index is 0.484. The largest absolute Gasteiger partial charge is 0.475 e. The van der Waals surface area contributed by atoms with Crippen molar-refractivity contribution in [3.05, 3.63) is 34.4 Å². The molecule has 0 aliphatic heterocycles. The van der Waals surface area contributed by atoms with Crippen LogP contribution in [0.1, 0.15) is 10.4 Å². The summed E-state index contributed by atoms with van der Waals surface area (Å²) < 4.78 is 25.6. The smallest absolute Gasteiger partial charge is 0.377 e. The van der Waals surface area contributed by atoms with Crippen LogP contribution in [0.5, 0.6) is 0 Å². The normalized spacial score (nSPS) is 9.93. The Kier molecular flexibility index (Phi) is 2.81. The Morgan fingerprint density at radius 3 is 2.36 bits per heavy atom. The molecule has 0 saturated carbocycles. The Morgan fingerprint density at radius 2 is 1.86 bits per heavy atom. The molecule has 0 unspecified atom stereocenters. The van der Waals surface area contributed by atoms with Crippen LogP contribution < -0.4 is 0 Å². The maximum atomic E-state index is 13.0. The zero-order valence-electron chi connectivity index (χ0n) is 6.55. The number of halogens is 3. The van der Waals surface area contributed by atoms with Gasteiger partial charge in [0.05, 0.1) is 10.6 Å². The highest BCUT2D eigenvalue weighted by atomic mass is 35.5. The number of aliphatic carboxylic acids is 1. The highest BCUT2D eigenvalue weighted by molar-refractivity contribution is 6.40. The van der Waals surface area contributed by atoms with Gasteiger partial charge in [0.15, 0.2) is 5.82 Å². The molecule has 1 rings (SSSR count). The summed E-state index contributed by atoms with van der Waals surface area (Å²) in [5, 5.41) is 7.63. The SMILES string of the molecule is O=C(O)C(=O)c1cc(F)cc(Cl)c1F. The average Bonchev–Trinajstić information content (AvgIpc) is 2.09. The predicted octanol–water partition coefficient (Wildman–Crippen LogP) is 1.89. The Hall–Kier alpha value is -1.49. The van der Waals surface area contributed by atoms with Gasteiger partial charge >= 0.3 is 5.97 Å². The van der Waals surface area contributed by atoms with E-state index < -0.39 is 34.0 Å². The summed E-state index contributed by atoms with van der Waals surface area (Å²) >= 11 is 5.21. The van der Waals surface area contributed by atoms with E-state index in [9.17, 15) is 18.4 Å². The number of carbonyl (C=O) groups excluding carboxylic acids is 1. The number of carboxylic acids is 1. The molecular weight excluding hydrogens is 218 g/mol. The summed E-state index contributed by atoms with van der Waals surface area (Å²) in [6.07, 6.45) is 0. The number of rotatable bonds is 2. The quantitative estimate of drug-likeness (QED) is 0.470. The number of benzene rings is 1. The summed E-state index contributed by atoms with van der Waals surface area (Å²) in [6.45, 7) is 0. The molecule has 0 heterocycles. The van der Waals surface area contributed by atoms with Crippen LogP contribution in [0.25, 0.3) is 0 Å². The maximum Gasteiger partial charge on any atom is 0.377 e. The van der Waals surface area contributed by atoms with E-state index in [4.69, 9.17) is 16.7 Å². The van der Waals surface area contributed by atoms with Crippen molar-refractivity contribution >= 4 is 23.4 Å². The van der Waals surface area contributed by atoms with Crippen LogP contribution in [0.3, 0.4) is 0 Å². The van der Waals surface area contributed by atoms with E-state index in [1.807, 2.05) is 0 Å². The molecule has 0 spiro atoms. The van der Waals surface area contributed by atoms with Gasteiger partial charge in [-0.05, 0) is 12.1 Å². The molecule has 0 radical (unpaired) electrons. The van der Waals surface area contributed by atoms with Crippen LogP contribution in [-0.2, 0) is 4.79 Å². The monoisotopic (exact) mass is 220 g/mol. The molecule has 0 aliphatic rings. The molecule has 1 aromatic carbocycles. The summed E-state index contributed by atoms with van der Waals surface area (Å²) in [5.41, 5.74) is -0.887. The second-order valence-electron chi connectivity index (χ2n) is 2.38. The molecule has 6 heteroatoms. The number of ketones is 1. The van der Waals surface area contributed by atoms with Crippen molar-refractivity contribution in [2.45, 2.75) is 0 Å². The number of Topliss-reactive ketones (excluding diaryl/α,β-unsaturated/α-hetero) is 1. The fraction of sp³-hybridized carbons (Fsp3) is 0. The summed E-state index contributed by atoms with van der Waals surface area (Å²) in [7, 11) is 0. The third-order valence-electron chi connectivity index (χ3n) is 1.43. The van der Waals surface area contributed by atoms with E-state index in [1.54, 1.807) is 0 Å². The van der Waals surface area contributed by atoms with Gasteiger partial charge in [-0.15, -0.1) is 0 Å². The molecule has 0 bridgehead atoms. The zero-order chi connectivity index (χ0) is 10.9. The topological polar surface area (TPSA) is 54.4 Å². The number of hydrogen-bond donors (Lipinski definition) is 1. The van der Waals surface area contributed by atoms with Crippen molar-refractivity contribution in [3.8, 4) is 0 Å². The van der Waals surface area contributed by atoms with E-state index in [2.05, 4.69) is 0 Å². The van der Waals surface area contributed by atoms with Crippen molar-refractivity contribution in [2.75, 3.05) is 0 Å². The van der Waals surface area contributed by atoms with Crippen molar-refractivity contribution in [1.82, 2.24) is 0 Å². The average molecular weight is 221 g/mol. The number of carboxylic acid groups (broad SMARTS) is 1. The third-order valence-corrected chi connectivity index (χ3v) is 1.71. The Bertz CT molecular complexity index is 417. The van der Waals surface area contributed by atoms with Crippen LogP contribution in [0, 0.1) is 11.6 Å². The molecule has 0 aromatic heterocycles. The molecule has 1 aromatic rings. The first-order valence-electron chi connectivity index (χ1n) is 3.35. The zero-order valence-corrected chi connectivity index (χ0v) is 7.31. The van der Waals surface area contributed by atoms with Crippen LogP contribution >= 0.6 is 11.6 Å². The van der Waals surface area contributed by atoms with Gasteiger partial charge in [0.25, 0.3) is 5.78 Å². The van der Waals surface area contributed by atoms with E-state index in [-0.39, 0.29) is 0 Å². The number of hydrogen-bond acceptors (Lipinski definition) is 2. The minimum Gasteiger partial charge on any atom is -0.475 e. The van der Waals surface area contributed by atoms with E-state index in [0.29, 0.717) is 12.1 Å². The van der Waals surface area contributed by atoms with Gasteiger partial charge in [-0.25, -0.2) is 13.6 Å². The van der Waals surface area contributed by atoms with Gasteiger partial charge < -0.3 is 5.11 Å². The second kappa shape index (κ2) is 3.71. The first-order chi connectivity index (χ1) is 6.43. The van der Waals surface area contributed by atoms with Gasteiger partial charge in [-0.2, -0.15) is 0 Å². The van der Waals surface area contributed by atoms with E-state index >= 15 is 0 Å². The molecule has 1 N–H and O–H groups in total. The van der Waals surface area contributed by atoms with Crippen LogP contribution in [0.4, 0.5) is 8.78 Å². The summed E-state index contributed by atoms with van der Waals surface area (Å²) in [4.78, 5) is 21.0. The Balaban J connectivity index is 3.34. The Morgan fingerprint density at radius 1 is 1.29 bits per heavy atom. The standard InChI is InChI=1S/C8H3ClF2O3/c9-5-2-3(10)1-4(6(5)11)7(12)8(13)14/h1-2H,(H,13,14). The molecule has 74 valence electrons. The third kappa shape index (κ3) is 1.88. The summed E-state index contributed by atoms with van der Waals surface area (Å²) in [6, 6.07) is 1.13. The second-order valence-corrected chi connectivity index (χ2v) is 2.79. The Labute approximate surface area is 81.9 Å². The molecule has 3 nitrogen and oxygen atoms in total. The minimum atomic E-state index is -1.87. The lowest BCUT2D eigenvalue weighted by molar-refractivity contribution is -0.131. The maximum absolute atomic E-state index is 13.0. The fourth-order valence-electron chi connectivity index (χ4n) is 0.836. The molecule has 0 aliphatic carbocycles. The van der Waals surface area contributed by atoms with Crippen molar-refractivity contribution in [1.29, 1.82) is 0 Å². The predicted molar refractivity (Wildman–Crippen MR) is 43.3 cm³/mol. The first kappa shape index (κ1) is 10.6. The van der Waals surface area contributed by atoms with Gasteiger partial charge in [-0.1, -0.05) is 11.6 Å². The van der Waals surface area contributed by atoms with Gasteiger partial charge in [0, 0.05) is 0 Å². The van der Waals surface area contributed by atoms with Crippen LogP contribution in [0.2, 0.25) is 5.02 Å². The lowest BCUT2D eigenvalue weighted by atomic mass is 10.1. The number of carbonyl (C=O) groups is 2. The van der Waals surface area contributed by atoms with E-state index in [1.165, 1.54) is 0 Å². The van der Waals surface area contributed by atoms with E-state index in [0.717, 1.165) is 0 Å². The van der Waals surface area contributed by atoms with Crippen molar-refractivity contribution < 1.29 is 23.5 Å². The molecule has 14 heavy (non-hydrogen) atoms. The van der Waals surface area contributed by atoms with Crippen LogP contribution in [-0.4, -0.2) is 16.9 Å². The lowest BCUT2D eigenvalue weighted by Crippen LogP contribution is -2.15. The molecule has 0 atom stereocenters.